The first-order valence-electron chi connectivity index (χ1n) is 11.3. The van der Waals surface area contributed by atoms with E-state index in [9.17, 15) is 4.79 Å². The molecular weight excluding hydrogens is 400 g/mol. The molecule has 0 aliphatic carbocycles. The summed E-state index contributed by atoms with van der Waals surface area (Å²) in [6.07, 6.45) is 3.36. The van der Waals surface area contributed by atoms with Crippen LogP contribution in [0.2, 0.25) is 0 Å². The van der Waals surface area contributed by atoms with Gasteiger partial charge in [0.1, 0.15) is 5.75 Å². The molecule has 1 amide bonds. The van der Waals surface area contributed by atoms with Crippen molar-refractivity contribution in [2.75, 3.05) is 29.9 Å². The van der Waals surface area contributed by atoms with Crippen molar-refractivity contribution in [1.29, 1.82) is 0 Å². The molecule has 2 aromatic carbocycles. The van der Waals surface area contributed by atoms with Gasteiger partial charge in [0, 0.05) is 24.3 Å². The van der Waals surface area contributed by atoms with E-state index >= 15 is 0 Å². The zero-order valence-corrected chi connectivity index (χ0v) is 18.8. The lowest BCUT2D eigenvalue weighted by molar-refractivity contribution is -0.118. The fourth-order valence-corrected chi connectivity index (χ4v) is 3.81. The molecule has 1 N–H and O–H groups in total. The van der Waals surface area contributed by atoms with E-state index < -0.39 is 0 Å². The van der Waals surface area contributed by atoms with Crippen LogP contribution in [0.5, 0.6) is 5.75 Å². The Hall–Kier alpha value is -3.41. The highest BCUT2D eigenvalue weighted by Crippen LogP contribution is 2.24. The summed E-state index contributed by atoms with van der Waals surface area (Å²) in [5, 5.41) is 11.8. The number of ether oxygens (including phenoxy) is 1. The highest BCUT2D eigenvalue weighted by molar-refractivity contribution is 5.92. The van der Waals surface area contributed by atoms with Crippen LogP contribution in [0, 0.1) is 5.92 Å². The average Bonchev–Trinajstić information content (AvgIpc) is 2.84. The number of amides is 1. The summed E-state index contributed by atoms with van der Waals surface area (Å²) >= 11 is 0. The maximum Gasteiger partial charge on any atom is 0.262 e. The monoisotopic (exact) mass is 430 g/mol. The van der Waals surface area contributed by atoms with Crippen molar-refractivity contribution in [3.63, 3.8) is 0 Å². The van der Waals surface area contributed by atoms with Gasteiger partial charge in [-0.05, 0) is 67.1 Å². The number of anilines is 2. The van der Waals surface area contributed by atoms with Gasteiger partial charge in [0.05, 0.1) is 5.69 Å². The van der Waals surface area contributed by atoms with Gasteiger partial charge in [-0.25, -0.2) is 0 Å². The third-order valence-electron chi connectivity index (χ3n) is 5.90. The molecule has 1 aliphatic rings. The molecule has 32 heavy (non-hydrogen) atoms. The van der Waals surface area contributed by atoms with Gasteiger partial charge in [-0.3, -0.25) is 4.79 Å². The standard InChI is InChI=1S/C26H30N4O2/c1-3-20-7-9-23(10-8-20)32-18-26(31)27-22-6-4-5-21(17-22)24-11-12-25(29-28-24)30-15-13-19(2)14-16-30/h4-12,17,19H,3,13-16,18H2,1-2H3,(H,27,31). The number of nitrogens with zero attached hydrogens (tertiary/aromatic N) is 3. The summed E-state index contributed by atoms with van der Waals surface area (Å²) in [5.41, 5.74) is 3.63. The van der Waals surface area contributed by atoms with Gasteiger partial charge in [0.2, 0.25) is 0 Å². The molecule has 0 spiro atoms. The van der Waals surface area contributed by atoms with Gasteiger partial charge in [-0.1, -0.05) is 38.1 Å². The minimum atomic E-state index is -0.206. The van der Waals surface area contributed by atoms with Crippen LogP contribution in [0.3, 0.4) is 0 Å². The Bertz CT molecular complexity index is 1030. The molecule has 0 saturated carbocycles. The topological polar surface area (TPSA) is 67.3 Å². The molecule has 0 atom stereocenters. The van der Waals surface area contributed by atoms with E-state index in [0.29, 0.717) is 11.4 Å². The van der Waals surface area contributed by atoms with E-state index in [1.54, 1.807) is 0 Å². The second-order valence-corrected chi connectivity index (χ2v) is 8.36. The molecule has 6 heteroatoms. The molecule has 3 aromatic rings. The Labute approximate surface area is 189 Å². The van der Waals surface area contributed by atoms with E-state index in [0.717, 1.165) is 42.5 Å². The van der Waals surface area contributed by atoms with Crippen molar-refractivity contribution in [1.82, 2.24) is 10.2 Å². The number of piperidine rings is 1. The second kappa shape index (κ2) is 10.3. The molecule has 1 aliphatic heterocycles. The Morgan fingerprint density at radius 2 is 1.84 bits per heavy atom. The van der Waals surface area contributed by atoms with E-state index in [1.807, 2.05) is 60.7 Å². The van der Waals surface area contributed by atoms with Crippen LogP contribution in [-0.4, -0.2) is 35.8 Å². The number of hydrogen-bond acceptors (Lipinski definition) is 5. The van der Waals surface area contributed by atoms with Crippen LogP contribution < -0.4 is 15.0 Å². The minimum absolute atomic E-state index is 0.0430. The van der Waals surface area contributed by atoms with Crippen LogP contribution in [0.15, 0.2) is 60.7 Å². The van der Waals surface area contributed by atoms with Crippen molar-refractivity contribution in [2.24, 2.45) is 5.92 Å². The number of hydrogen-bond donors (Lipinski definition) is 1. The van der Waals surface area contributed by atoms with E-state index in [4.69, 9.17) is 4.74 Å². The fourth-order valence-electron chi connectivity index (χ4n) is 3.81. The Morgan fingerprint density at radius 1 is 1.06 bits per heavy atom. The van der Waals surface area contributed by atoms with Crippen LogP contribution in [-0.2, 0) is 11.2 Å². The van der Waals surface area contributed by atoms with Gasteiger partial charge in [-0.2, -0.15) is 0 Å². The zero-order valence-electron chi connectivity index (χ0n) is 18.8. The summed E-state index contributed by atoms with van der Waals surface area (Å²) in [4.78, 5) is 14.6. The number of nitrogens with one attached hydrogen (secondary N) is 1. The third-order valence-corrected chi connectivity index (χ3v) is 5.90. The van der Waals surface area contributed by atoms with Crippen LogP contribution in [0.4, 0.5) is 11.5 Å². The van der Waals surface area contributed by atoms with Gasteiger partial charge < -0.3 is 15.0 Å². The van der Waals surface area contributed by atoms with Crippen LogP contribution >= 0.6 is 0 Å². The number of benzene rings is 2. The van der Waals surface area contributed by atoms with E-state index in [-0.39, 0.29) is 12.5 Å². The van der Waals surface area contributed by atoms with Crippen molar-refractivity contribution in [3.05, 3.63) is 66.2 Å². The van der Waals surface area contributed by atoms with Gasteiger partial charge >= 0.3 is 0 Å². The normalized spacial score (nSPS) is 14.2. The quantitative estimate of drug-likeness (QED) is 0.574. The lowest BCUT2D eigenvalue weighted by atomic mass is 9.99. The maximum absolute atomic E-state index is 12.3. The molecule has 1 fully saturated rings. The Morgan fingerprint density at radius 3 is 2.53 bits per heavy atom. The first-order valence-corrected chi connectivity index (χ1v) is 11.3. The summed E-state index contributed by atoms with van der Waals surface area (Å²) in [7, 11) is 0. The second-order valence-electron chi connectivity index (χ2n) is 8.36. The number of carbonyl (C=O) groups is 1. The summed E-state index contributed by atoms with van der Waals surface area (Å²) in [6, 6.07) is 19.4. The molecule has 1 saturated heterocycles. The highest BCUT2D eigenvalue weighted by atomic mass is 16.5. The summed E-state index contributed by atoms with van der Waals surface area (Å²) in [5.74, 6) is 2.18. The lowest BCUT2D eigenvalue weighted by Crippen LogP contribution is -2.33. The SMILES string of the molecule is CCc1ccc(OCC(=O)Nc2cccc(-c3ccc(N4CCC(C)CC4)nn3)c2)cc1. The molecule has 4 rings (SSSR count). The predicted molar refractivity (Wildman–Crippen MR) is 128 cm³/mol. The van der Waals surface area contributed by atoms with Crippen molar-refractivity contribution < 1.29 is 9.53 Å². The number of aryl methyl sites for hydroxylation is 1. The first-order chi connectivity index (χ1) is 15.6. The first kappa shape index (κ1) is 21.8. The largest absolute Gasteiger partial charge is 0.484 e. The molecular formula is C26H30N4O2. The molecule has 0 bridgehead atoms. The molecule has 6 nitrogen and oxygen atoms in total. The number of rotatable bonds is 7. The highest BCUT2D eigenvalue weighted by Gasteiger charge is 2.17. The number of aromatic nitrogens is 2. The smallest absolute Gasteiger partial charge is 0.262 e. The van der Waals surface area contributed by atoms with Gasteiger partial charge in [-0.15, -0.1) is 10.2 Å². The summed E-state index contributed by atoms with van der Waals surface area (Å²) in [6.45, 7) is 6.42. The van der Waals surface area contributed by atoms with Crippen molar-refractivity contribution in [2.45, 2.75) is 33.1 Å². The van der Waals surface area contributed by atoms with Gasteiger partial charge in [0.15, 0.2) is 12.4 Å². The minimum Gasteiger partial charge on any atom is -0.484 e. The summed E-state index contributed by atoms with van der Waals surface area (Å²) < 4.78 is 5.59. The van der Waals surface area contributed by atoms with E-state index in [2.05, 4.69) is 34.3 Å². The molecule has 0 radical (unpaired) electrons. The Kier molecular flexibility index (Phi) is 7.00. The van der Waals surface area contributed by atoms with Crippen LogP contribution in [0.1, 0.15) is 32.3 Å². The molecule has 1 aromatic heterocycles. The van der Waals surface area contributed by atoms with Crippen molar-refractivity contribution >= 4 is 17.4 Å². The Balaban J connectivity index is 1.34. The average molecular weight is 431 g/mol. The lowest BCUT2D eigenvalue weighted by Gasteiger charge is -2.30. The molecule has 166 valence electrons. The predicted octanol–water partition coefficient (Wildman–Crippen LogP) is 4.96. The van der Waals surface area contributed by atoms with Crippen molar-refractivity contribution in [3.8, 4) is 17.0 Å². The van der Waals surface area contributed by atoms with E-state index in [1.165, 1.54) is 18.4 Å². The van der Waals surface area contributed by atoms with Gasteiger partial charge in [0.25, 0.3) is 5.91 Å². The maximum atomic E-state index is 12.3. The third kappa shape index (κ3) is 5.63. The fraction of sp³-hybridized carbons (Fsp3) is 0.346. The van der Waals surface area contributed by atoms with Crippen LogP contribution in [0.25, 0.3) is 11.3 Å². The molecule has 0 unspecified atom stereocenters. The zero-order chi connectivity index (χ0) is 22.3. The molecule has 2 heterocycles. The number of carbonyl (C=O) groups excluding carboxylic acids is 1.